The van der Waals surface area contributed by atoms with Crippen LogP contribution >= 0.6 is 0 Å². The fourth-order valence-corrected chi connectivity index (χ4v) is 0.432. The predicted octanol–water partition coefficient (Wildman–Crippen LogP) is 1.09. The third kappa shape index (κ3) is 3.97. The van der Waals surface area contributed by atoms with Gasteiger partial charge >= 0.3 is 0 Å². The van der Waals surface area contributed by atoms with Crippen molar-refractivity contribution in [2.75, 3.05) is 0 Å². The lowest BCUT2D eigenvalue weighted by Gasteiger charge is -2.01. The zero-order chi connectivity index (χ0) is 7.28. The first-order chi connectivity index (χ1) is 4.20. The monoisotopic (exact) mass is 130 g/mol. The summed E-state index contributed by atoms with van der Waals surface area (Å²) in [4.78, 5) is 8.46. The average Bonchev–Trinajstić information content (AvgIpc) is 1.87. The Hall–Kier alpha value is -0.570. The van der Waals surface area contributed by atoms with Crippen molar-refractivity contribution in [3.8, 4) is 0 Å². The molecule has 2 N–H and O–H groups in total. The zero-order valence-corrected chi connectivity index (χ0v) is 6.22. The van der Waals surface area contributed by atoms with Gasteiger partial charge in [-0.25, -0.2) is 0 Å². The minimum atomic E-state index is 0.313. The molecule has 0 aromatic heterocycles. The van der Waals surface area contributed by atoms with Crippen molar-refractivity contribution in [2.45, 2.75) is 33.2 Å². The molecular weight excluding hydrogens is 116 g/mol. The Morgan fingerprint density at radius 2 is 2.33 bits per heavy atom. The quantitative estimate of drug-likeness (QED) is 0.345. The SMILES string of the molecule is CCC(C)N=C(C)ON. The van der Waals surface area contributed by atoms with Crippen LogP contribution in [0.3, 0.4) is 0 Å². The Morgan fingerprint density at radius 1 is 1.78 bits per heavy atom. The Kier molecular flexibility index (Phi) is 4.05. The topological polar surface area (TPSA) is 47.6 Å². The lowest BCUT2D eigenvalue weighted by molar-refractivity contribution is 0.314. The van der Waals surface area contributed by atoms with Crippen LogP contribution < -0.4 is 5.90 Å². The van der Waals surface area contributed by atoms with Gasteiger partial charge in [0.2, 0.25) is 5.90 Å². The molecule has 1 atom stereocenters. The van der Waals surface area contributed by atoms with Crippen LogP contribution in [0.15, 0.2) is 4.99 Å². The van der Waals surface area contributed by atoms with E-state index in [1.54, 1.807) is 6.92 Å². The van der Waals surface area contributed by atoms with Gasteiger partial charge in [0, 0.05) is 6.92 Å². The Balaban J connectivity index is 3.64. The normalized spacial score (nSPS) is 15.3. The summed E-state index contributed by atoms with van der Waals surface area (Å²) in [6.07, 6.45) is 1.01. The summed E-state index contributed by atoms with van der Waals surface area (Å²) < 4.78 is 0. The molecule has 0 aliphatic rings. The lowest BCUT2D eigenvalue weighted by atomic mass is 10.3. The predicted molar refractivity (Wildman–Crippen MR) is 38.1 cm³/mol. The minimum Gasteiger partial charge on any atom is -0.397 e. The molecule has 0 saturated heterocycles. The van der Waals surface area contributed by atoms with Crippen LogP contribution in [-0.4, -0.2) is 11.9 Å². The summed E-state index contributed by atoms with van der Waals surface area (Å²) in [6, 6.07) is 0.313. The van der Waals surface area contributed by atoms with Crippen LogP contribution in [0, 0.1) is 0 Å². The van der Waals surface area contributed by atoms with Crippen LogP contribution in [0.4, 0.5) is 0 Å². The van der Waals surface area contributed by atoms with E-state index in [0.717, 1.165) is 6.42 Å². The highest BCUT2D eigenvalue weighted by Crippen LogP contribution is 1.94. The van der Waals surface area contributed by atoms with E-state index in [1.165, 1.54) is 0 Å². The highest BCUT2D eigenvalue weighted by atomic mass is 16.6. The summed E-state index contributed by atoms with van der Waals surface area (Å²) in [6.45, 7) is 5.83. The van der Waals surface area contributed by atoms with Crippen molar-refractivity contribution in [3.05, 3.63) is 0 Å². The molecule has 0 aromatic carbocycles. The van der Waals surface area contributed by atoms with E-state index in [9.17, 15) is 0 Å². The van der Waals surface area contributed by atoms with Crippen LogP contribution in [0.1, 0.15) is 27.2 Å². The molecule has 0 aromatic rings. The number of nitrogens with two attached hydrogens (primary N) is 1. The van der Waals surface area contributed by atoms with Crippen LogP contribution in [0.25, 0.3) is 0 Å². The first-order valence-corrected chi connectivity index (χ1v) is 3.11. The van der Waals surface area contributed by atoms with Gasteiger partial charge in [0.15, 0.2) is 0 Å². The Bertz CT molecular complexity index is 101. The summed E-state index contributed by atoms with van der Waals surface area (Å²) in [5.41, 5.74) is 0. The second-order valence-corrected chi connectivity index (χ2v) is 2.02. The van der Waals surface area contributed by atoms with E-state index in [-0.39, 0.29) is 0 Å². The maximum Gasteiger partial charge on any atom is 0.206 e. The molecule has 9 heavy (non-hydrogen) atoms. The summed E-state index contributed by atoms with van der Waals surface area (Å²) in [5.74, 6) is 5.39. The van der Waals surface area contributed by atoms with E-state index in [4.69, 9.17) is 5.90 Å². The van der Waals surface area contributed by atoms with Gasteiger partial charge in [-0.2, -0.15) is 5.90 Å². The second kappa shape index (κ2) is 4.32. The number of rotatable bonds is 2. The second-order valence-electron chi connectivity index (χ2n) is 2.02. The van der Waals surface area contributed by atoms with E-state index in [1.807, 2.05) is 6.92 Å². The van der Waals surface area contributed by atoms with Crippen molar-refractivity contribution in [1.29, 1.82) is 0 Å². The molecule has 0 amide bonds. The summed E-state index contributed by atoms with van der Waals surface area (Å²) in [7, 11) is 0. The molecule has 0 bridgehead atoms. The van der Waals surface area contributed by atoms with Crippen LogP contribution in [0.5, 0.6) is 0 Å². The lowest BCUT2D eigenvalue weighted by Crippen LogP contribution is -2.09. The van der Waals surface area contributed by atoms with Crippen molar-refractivity contribution in [3.63, 3.8) is 0 Å². The van der Waals surface area contributed by atoms with Gasteiger partial charge < -0.3 is 4.84 Å². The standard InChI is InChI=1S/C6H14N2O/c1-4-5(2)8-6(3)9-7/h5H,4,7H2,1-3H3. The fraction of sp³-hybridized carbons (Fsp3) is 0.833. The third-order valence-electron chi connectivity index (χ3n) is 1.16. The van der Waals surface area contributed by atoms with Gasteiger partial charge in [0.1, 0.15) is 0 Å². The molecule has 0 radical (unpaired) electrons. The molecule has 1 unspecified atom stereocenters. The third-order valence-corrected chi connectivity index (χ3v) is 1.16. The maximum atomic E-state index is 4.84. The van der Waals surface area contributed by atoms with Crippen molar-refractivity contribution >= 4 is 5.90 Å². The highest BCUT2D eigenvalue weighted by molar-refractivity contribution is 5.72. The maximum absolute atomic E-state index is 4.84. The van der Waals surface area contributed by atoms with Gasteiger partial charge in [-0.15, -0.1) is 0 Å². The highest BCUT2D eigenvalue weighted by Gasteiger charge is 1.94. The number of nitrogens with zero attached hydrogens (tertiary/aromatic N) is 1. The van der Waals surface area contributed by atoms with E-state index in [2.05, 4.69) is 16.8 Å². The van der Waals surface area contributed by atoms with Crippen molar-refractivity contribution in [2.24, 2.45) is 10.9 Å². The molecular formula is C6H14N2O. The van der Waals surface area contributed by atoms with Gasteiger partial charge in [-0.1, -0.05) is 6.92 Å². The molecule has 0 spiro atoms. The van der Waals surface area contributed by atoms with E-state index >= 15 is 0 Å². The molecule has 3 nitrogen and oxygen atoms in total. The largest absolute Gasteiger partial charge is 0.397 e. The molecule has 0 heterocycles. The molecule has 0 aliphatic carbocycles. The molecule has 54 valence electrons. The number of hydrogen-bond donors (Lipinski definition) is 1. The van der Waals surface area contributed by atoms with E-state index in [0.29, 0.717) is 11.9 Å². The van der Waals surface area contributed by atoms with Crippen molar-refractivity contribution < 1.29 is 4.84 Å². The molecule has 0 saturated carbocycles. The Labute approximate surface area is 55.9 Å². The van der Waals surface area contributed by atoms with Gasteiger partial charge in [-0.05, 0) is 13.3 Å². The van der Waals surface area contributed by atoms with Crippen LogP contribution in [0.2, 0.25) is 0 Å². The molecule has 0 rings (SSSR count). The number of aliphatic imine (C=N–C) groups is 1. The summed E-state index contributed by atoms with van der Waals surface area (Å²) >= 11 is 0. The van der Waals surface area contributed by atoms with Gasteiger partial charge in [-0.3, -0.25) is 4.99 Å². The molecule has 0 fully saturated rings. The number of hydrogen-bond acceptors (Lipinski definition) is 3. The molecule has 3 heteroatoms. The van der Waals surface area contributed by atoms with Crippen LogP contribution in [-0.2, 0) is 4.84 Å². The summed E-state index contributed by atoms with van der Waals surface area (Å²) in [5, 5.41) is 0. The van der Waals surface area contributed by atoms with Crippen molar-refractivity contribution in [1.82, 2.24) is 0 Å². The minimum absolute atomic E-state index is 0.313. The van der Waals surface area contributed by atoms with Gasteiger partial charge in [0.25, 0.3) is 0 Å². The first kappa shape index (κ1) is 8.43. The fourth-order valence-electron chi connectivity index (χ4n) is 0.432. The van der Waals surface area contributed by atoms with Gasteiger partial charge in [0.05, 0.1) is 6.04 Å². The zero-order valence-electron chi connectivity index (χ0n) is 6.22. The Morgan fingerprint density at radius 3 is 2.67 bits per heavy atom. The average molecular weight is 130 g/mol. The first-order valence-electron chi connectivity index (χ1n) is 3.11. The van der Waals surface area contributed by atoms with E-state index < -0.39 is 0 Å². The smallest absolute Gasteiger partial charge is 0.206 e. The molecule has 0 aliphatic heterocycles.